The van der Waals surface area contributed by atoms with Gasteiger partial charge in [0, 0.05) is 18.6 Å². The lowest BCUT2D eigenvalue weighted by molar-refractivity contribution is -0.155. The summed E-state index contributed by atoms with van der Waals surface area (Å²) in [6.45, 7) is 5.84. The largest absolute Gasteiger partial charge is 0.496 e. The molecule has 3 aromatic carbocycles. The third kappa shape index (κ3) is 7.42. The van der Waals surface area contributed by atoms with E-state index in [1.807, 2.05) is 0 Å². The second-order valence-corrected chi connectivity index (χ2v) is 11.3. The van der Waals surface area contributed by atoms with E-state index in [0.29, 0.717) is 12.0 Å². The van der Waals surface area contributed by atoms with Crippen LogP contribution in [0.3, 0.4) is 0 Å². The van der Waals surface area contributed by atoms with Crippen molar-refractivity contribution in [1.82, 2.24) is 0 Å². The first-order chi connectivity index (χ1) is 20.9. The van der Waals surface area contributed by atoms with Crippen LogP contribution in [-0.4, -0.2) is 19.0 Å². The van der Waals surface area contributed by atoms with Gasteiger partial charge in [-0.15, -0.1) is 0 Å². The maximum absolute atomic E-state index is 14.7. The molecule has 0 amide bonds. The summed E-state index contributed by atoms with van der Waals surface area (Å²) in [7, 11) is 1.23. The maximum atomic E-state index is 14.7. The summed E-state index contributed by atoms with van der Waals surface area (Å²) in [6, 6.07) is 8.40. The van der Waals surface area contributed by atoms with Gasteiger partial charge in [-0.2, -0.15) is 26.3 Å². The predicted octanol–water partition coefficient (Wildman–Crippen LogP) is 9.21. The van der Waals surface area contributed by atoms with Gasteiger partial charge in [0.2, 0.25) is 0 Å². The molecule has 1 heterocycles. The van der Waals surface area contributed by atoms with Crippen molar-refractivity contribution in [2.45, 2.75) is 64.9 Å². The van der Waals surface area contributed by atoms with Gasteiger partial charge in [0.25, 0.3) is 0 Å². The lowest BCUT2D eigenvalue weighted by Gasteiger charge is -2.26. The van der Waals surface area contributed by atoms with Crippen LogP contribution in [0.5, 0.6) is 11.5 Å². The fraction of sp³-hybridized carbons (Fsp3) is 0.394. The minimum absolute atomic E-state index is 0.0614. The summed E-state index contributed by atoms with van der Waals surface area (Å²) >= 11 is 0. The molecule has 0 radical (unpaired) electrons. The molecule has 45 heavy (non-hydrogen) atoms. The molecule has 0 N–H and O–H groups in total. The number of carbonyl (C=O) groups excluding carboxylic acids is 2. The highest BCUT2D eigenvalue weighted by atomic mass is 19.4. The summed E-state index contributed by atoms with van der Waals surface area (Å²) in [5.74, 6) is -5.37. The van der Waals surface area contributed by atoms with E-state index in [2.05, 4.69) is 0 Å². The van der Waals surface area contributed by atoms with Gasteiger partial charge in [-0.25, -0.2) is 4.39 Å². The Kier molecular flexibility index (Phi) is 9.56. The second-order valence-electron chi connectivity index (χ2n) is 11.3. The molecule has 3 aromatic rings. The average molecular weight is 641 g/mol. The van der Waals surface area contributed by atoms with E-state index in [1.165, 1.54) is 26.2 Å². The molecular weight excluding hydrogens is 609 g/mol. The average Bonchev–Trinajstić information content (AvgIpc) is 3.09. The topological polar surface area (TPSA) is 61.8 Å². The van der Waals surface area contributed by atoms with Gasteiger partial charge < -0.3 is 14.2 Å². The van der Waals surface area contributed by atoms with Gasteiger partial charge in [-0.3, -0.25) is 9.59 Å². The fourth-order valence-corrected chi connectivity index (χ4v) is 5.76. The number of alkyl halides is 6. The van der Waals surface area contributed by atoms with Crippen LogP contribution >= 0.6 is 0 Å². The first-order valence-corrected chi connectivity index (χ1v) is 14.1. The number of rotatable bonds is 6. The molecule has 0 aromatic heterocycles. The molecule has 0 aliphatic carbocycles. The van der Waals surface area contributed by atoms with Crippen molar-refractivity contribution in [1.29, 1.82) is 0 Å². The number of aryl methyl sites for hydroxylation is 1. The van der Waals surface area contributed by atoms with E-state index < -0.39 is 70.8 Å². The molecule has 4 rings (SSSR count). The van der Waals surface area contributed by atoms with Crippen molar-refractivity contribution in [3.63, 3.8) is 0 Å². The molecule has 0 spiro atoms. The Morgan fingerprint density at radius 1 is 0.911 bits per heavy atom. The molecule has 0 bridgehead atoms. The molecule has 5 nitrogen and oxygen atoms in total. The molecule has 1 aliphatic heterocycles. The van der Waals surface area contributed by atoms with Gasteiger partial charge in [0.05, 0.1) is 24.2 Å². The third-order valence-electron chi connectivity index (χ3n) is 8.02. The van der Waals surface area contributed by atoms with Crippen molar-refractivity contribution in [3.8, 4) is 22.6 Å². The van der Waals surface area contributed by atoms with Gasteiger partial charge >= 0.3 is 24.3 Å². The van der Waals surface area contributed by atoms with Crippen LogP contribution < -0.4 is 9.47 Å². The van der Waals surface area contributed by atoms with Crippen LogP contribution in [0.25, 0.3) is 11.1 Å². The van der Waals surface area contributed by atoms with Crippen molar-refractivity contribution < 1.29 is 54.5 Å². The van der Waals surface area contributed by atoms with Crippen LogP contribution in [0.1, 0.15) is 73.5 Å². The Bertz CT molecular complexity index is 1600. The van der Waals surface area contributed by atoms with E-state index in [-0.39, 0.29) is 34.4 Å². The summed E-state index contributed by atoms with van der Waals surface area (Å²) in [5, 5.41) is 0. The first-order valence-electron chi connectivity index (χ1n) is 14.1. The SMILES string of the molecule is COc1cc(F)c(OC(C)=O)cc1-c1ccc(C(F)(F)F)cc1[C@@H](C)C1CC[C@@H](C)[C@@H](c2cc(C)cc(C(F)(F)F)c2)OC1=O. The van der Waals surface area contributed by atoms with Gasteiger partial charge in [-0.05, 0) is 78.6 Å². The number of halogens is 7. The van der Waals surface area contributed by atoms with E-state index >= 15 is 0 Å². The Morgan fingerprint density at radius 2 is 1.58 bits per heavy atom. The molecule has 1 unspecified atom stereocenters. The number of hydrogen-bond donors (Lipinski definition) is 0. The van der Waals surface area contributed by atoms with E-state index in [9.17, 15) is 40.3 Å². The lowest BCUT2D eigenvalue weighted by atomic mass is 9.79. The Morgan fingerprint density at radius 3 is 2.18 bits per heavy atom. The Balaban J connectivity index is 1.80. The zero-order chi connectivity index (χ0) is 33.4. The normalized spacial score (nSPS) is 19.8. The number of esters is 2. The van der Waals surface area contributed by atoms with E-state index in [1.54, 1.807) is 13.8 Å². The van der Waals surface area contributed by atoms with Crippen molar-refractivity contribution >= 4 is 11.9 Å². The van der Waals surface area contributed by atoms with Gasteiger partial charge in [-0.1, -0.05) is 31.5 Å². The number of cyclic esters (lactones) is 1. The van der Waals surface area contributed by atoms with Gasteiger partial charge in [0.15, 0.2) is 11.6 Å². The quantitative estimate of drug-likeness (QED) is 0.153. The minimum Gasteiger partial charge on any atom is -0.496 e. The molecule has 12 heteroatoms. The van der Waals surface area contributed by atoms with Crippen molar-refractivity contribution in [3.05, 3.63) is 82.2 Å². The number of methoxy groups -OCH3 is 1. The molecule has 0 saturated carbocycles. The highest BCUT2D eigenvalue weighted by Crippen LogP contribution is 2.46. The molecule has 1 saturated heterocycles. The summed E-state index contributed by atoms with van der Waals surface area (Å²) in [5.41, 5.74) is -1.05. The van der Waals surface area contributed by atoms with Crippen molar-refractivity contribution in [2.75, 3.05) is 7.11 Å². The second kappa shape index (κ2) is 12.7. The summed E-state index contributed by atoms with van der Waals surface area (Å²) in [4.78, 5) is 25.2. The van der Waals surface area contributed by atoms with Crippen LogP contribution in [-0.2, 0) is 26.7 Å². The minimum atomic E-state index is -4.74. The zero-order valence-corrected chi connectivity index (χ0v) is 25.0. The first kappa shape index (κ1) is 33.8. The smallest absolute Gasteiger partial charge is 0.416 e. The maximum Gasteiger partial charge on any atom is 0.416 e. The third-order valence-corrected chi connectivity index (χ3v) is 8.02. The summed E-state index contributed by atoms with van der Waals surface area (Å²) in [6.07, 6.45) is -9.88. The predicted molar refractivity (Wildman–Crippen MR) is 150 cm³/mol. The standard InChI is InChI=1S/C33H31F7O5/c1-16-10-20(12-22(11-16)33(38,39)40)30-17(2)6-8-23(31(42)45-30)18(3)25-13-21(32(35,36)37)7-9-24(25)26-14-29(44-19(4)41)27(34)15-28(26)43-5/h7,9-15,17-18,23,30H,6,8H2,1-5H3/t17-,18+,23?,30+/m1/s1. The van der Waals surface area contributed by atoms with E-state index in [0.717, 1.165) is 43.3 Å². The molecular formula is C33H31F7O5. The number of benzene rings is 3. The lowest BCUT2D eigenvalue weighted by Crippen LogP contribution is -2.24. The molecule has 1 fully saturated rings. The summed E-state index contributed by atoms with van der Waals surface area (Å²) < 4.78 is 113. The van der Waals surface area contributed by atoms with Crippen LogP contribution in [0.15, 0.2) is 48.5 Å². The highest BCUT2D eigenvalue weighted by Gasteiger charge is 2.40. The number of carbonyl (C=O) groups is 2. The molecule has 1 aliphatic rings. The fourth-order valence-electron chi connectivity index (χ4n) is 5.76. The van der Waals surface area contributed by atoms with Crippen LogP contribution in [0.4, 0.5) is 30.7 Å². The Labute approximate surface area is 255 Å². The molecule has 4 atom stereocenters. The Hall–Kier alpha value is -4.09. The van der Waals surface area contributed by atoms with Crippen molar-refractivity contribution in [2.24, 2.45) is 11.8 Å². The molecule has 242 valence electrons. The monoisotopic (exact) mass is 640 g/mol. The van der Waals surface area contributed by atoms with Crippen LogP contribution in [0, 0.1) is 24.6 Å². The zero-order valence-electron chi connectivity index (χ0n) is 25.0. The highest BCUT2D eigenvalue weighted by molar-refractivity contribution is 5.80. The van der Waals surface area contributed by atoms with Gasteiger partial charge in [0.1, 0.15) is 11.9 Å². The van der Waals surface area contributed by atoms with Crippen LogP contribution in [0.2, 0.25) is 0 Å². The number of ether oxygens (including phenoxy) is 3. The van der Waals surface area contributed by atoms with E-state index in [4.69, 9.17) is 14.2 Å². The number of hydrogen-bond acceptors (Lipinski definition) is 5.